The summed E-state index contributed by atoms with van der Waals surface area (Å²) in [4.78, 5) is 20.5. The van der Waals surface area contributed by atoms with Crippen LogP contribution in [-0.4, -0.2) is 26.2 Å². The summed E-state index contributed by atoms with van der Waals surface area (Å²) in [6, 6.07) is 10.3. The number of amides is 1. The molecule has 6 nitrogen and oxygen atoms in total. The van der Waals surface area contributed by atoms with Gasteiger partial charge in [-0.2, -0.15) is 0 Å². The molecule has 0 aliphatic heterocycles. The van der Waals surface area contributed by atoms with Crippen LogP contribution in [0.4, 0.5) is 4.79 Å². The van der Waals surface area contributed by atoms with Gasteiger partial charge in [-0.15, -0.1) is 0 Å². The zero-order chi connectivity index (χ0) is 20.2. The molecule has 2 bridgehead atoms. The first kappa shape index (κ1) is 19.1. The fourth-order valence-electron chi connectivity index (χ4n) is 5.52. The summed E-state index contributed by atoms with van der Waals surface area (Å²) < 4.78 is 9.10. The second-order valence-corrected chi connectivity index (χ2v) is 9.71. The molecule has 2 aliphatic rings. The quantitative estimate of drug-likeness (QED) is 0.399. The largest absolute Gasteiger partial charge is 0.443 e. The molecule has 2 aromatic heterocycles. The summed E-state index contributed by atoms with van der Waals surface area (Å²) >= 11 is 8.64. The lowest BCUT2D eigenvalue weighted by Gasteiger charge is -2.35. The maximum Gasteiger partial charge on any atom is 0.405 e. The minimum atomic E-state index is -0.696. The Morgan fingerprint density at radius 3 is 2.86 bits per heavy atom. The number of carbonyl (C=O) groups is 1. The van der Waals surface area contributed by atoms with Crippen LogP contribution in [-0.2, 0) is 16.7 Å². The summed E-state index contributed by atoms with van der Waals surface area (Å²) in [5.74, 6) is 0.193. The average Bonchev–Trinajstić information content (AvgIpc) is 3.31. The average molecular weight is 523 g/mol. The number of benzene rings is 1. The van der Waals surface area contributed by atoms with E-state index in [1.807, 2.05) is 18.2 Å². The first-order chi connectivity index (χ1) is 13.9. The first-order valence-electron chi connectivity index (χ1n) is 9.62. The number of nitrogens with zero attached hydrogens (tertiary/aromatic N) is 3. The van der Waals surface area contributed by atoms with Gasteiger partial charge in [0.05, 0.1) is 10.9 Å². The van der Waals surface area contributed by atoms with E-state index in [1.54, 1.807) is 0 Å². The fourth-order valence-corrected chi connectivity index (χ4v) is 6.69. The molecule has 150 valence electrons. The molecule has 3 aromatic rings. The molecule has 3 atom stereocenters. The molecular weight excluding hydrogens is 503 g/mol. The van der Waals surface area contributed by atoms with Crippen molar-refractivity contribution in [1.82, 2.24) is 14.5 Å². The monoisotopic (exact) mass is 522 g/mol. The molecule has 1 amide bonds. The Morgan fingerprint density at radius 2 is 2.10 bits per heavy atom. The number of carbonyl (C=O) groups excluding carboxylic acids is 1. The molecule has 2 saturated carbocycles. The van der Waals surface area contributed by atoms with Gasteiger partial charge >= 0.3 is 6.09 Å². The topological polar surface area (TPSA) is 83.0 Å². The highest BCUT2D eigenvalue weighted by molar-refractivity contribution is 14.1. The van der Waals surface area contributed by atoms with Crippen LogP contribution < -0.4 is 5.73 Å². The zero-order valence-electron chi connectivity index (χ0n) is 15.6. The smallest absolute Gasteiger partial charge is 0.405 e. The van der Waals surface area contributed by atoms with Crippen LogP contribution in [0.15, 0.2) is 42.9 Å². The molecule has 1 aromatic carbocycles. The lowest BCUT2D eigenvalue weighted by atomic mass is 9.79. The maximum atomic E-state index is 11.8. The Hall–Kier alpha value is -1.87. The molecule has 2 fully saturated rings. The molecule has 0 spiro atoms. The number of aromatic nitrogens is 3. The second-order valence-electron chi connectivity index (χ2n) is 8.19. The number of hydrogen-bond acceptors (Lipinski definition) is 4. The number of ether oxygens (including phenoxy) is 1. The number of rotatable bonds is 4. The van der Waals surface area contributed by atoms with Gasteiger partial charge in [-0.05, 0) is 53.8 Å². The molecule has 2 N–H and O–H groups in total. The van der Waals surface area contributed by atoms with Crippen molar-refractivity contribution in [3.63, 3.8) is 0 Å². The van der Waals surface area contributed by atoms with E-state index >= 15 is 0 Å². The van der Waals surface area contributed by atoms with Gasteiger partial charge in [-0.1, -0.05) is 41.9 Å². The van der Waals surface area contributed by atoms with Crippen molar-refractivity contribution in [3.8, 4) is 0 Å². The minimum Gasteiger partial charge on any atom is -0.443 e. The van der Waals surface area contributed by atoms with Gasteiger partial charge in [0.1, 0.15) is 22.7 Å². The number of primary amides is 1. The number of fused-ring (bicyclic) bond motifs is 3. The van der Waals surface area contributed by atoms with Crippen molar-refractivity contribution in [1.29, 1.82) is 0 Å². The summed E-state index contributed by atoms with van der Waals surface area (Å²) in [6.07, 6.45) is 7.11. The normalized spacial score (nSPS) is 28.1. The number of nitrogens with two attached hydrogens (primary N) is 1. The van der Waals surface area contributed by atoms with E-state index in [1.165, 1.54) is 11.9 Å². The lowest BCUT2D eigenvalue weighted by Crippen LogP contribution is -2.40. The third-order valence-electron chi connectivity index (χ3n) is 6.64. The van der Waals surface area contributed by atoms with Crippen LogP contribution in [0.2, 0.25) is 5.15 Å². The number of halogens is 2. The molecule has 0 saturated heterocycles. The van der Waals surface area contributed by atoms with Crippen LogP contribution in [0.3, 0.4) is 0 Å². The summed E-state index contributed by atoms with van der Waals surface area (Å²) in [5.41, 5.74) is 6.86. The van der Waals surface area contributed by atoms with E-state index in [2.05, 4.69) is 55.5 Å². The highest BCUT2D eigenvalue weighted by atomic mass is 127. The van der Waals surface area contributed by atoms with E-state index in [-0.39, 0.29) is 11.5 Å². The van der Waals surface area contributed by atoms with Gasteiger partial charge in [0.15, 0.2) is 0 Å². The van der Waals surface area contributed by atoms with Crippen molar-refractivity contribution < 1.29 is 9.53 Å². The van der Waals surface area contributed by atoms with Crippen molar-refractivity contribution in [2.24, 2.45) is 11.7 Å². The third-order valence-corrected chi connectivity index (χ3v) is 7.75. The van der Waals surface area contributed by atoms with Crippen LogP contribution in [0.1, 0.15) is 31.2 Å². The summed E-state index contributed by atoms with van der Waals surface area (Å²) in [5, 5.41) is 1.34. The lowest BCUT2D eigenvalue weighted by molar-refractivity contribution is -0.0138. The zero-order valence-corrected chi connectivity index (χ0v) is 18.6. The van der Waals surface area contributed by atoms with Gasteiger partial charge in [-0.3, -0.25) is 0 Å². The molecule has 29 heavy (non-hydrogen) atoms. The molecule has 2 aliphatic carbocycles. The van der Waals surface area contributed by atoms with Crippen LogP contribution in [0.25, 0.3) is 11.0 Å². The van der Waals surface area contributed by atoms with E-state index in [0.29, 0.717) is 5.15 Å². The highest BCUT2D eigenvalue weighted by Crippen LogP contribution is 2.61. The second kappa shape index (κ2) is 6.84. The van der Waals surface area contributed by atoms with Gasteiger partial charge < -0.3 is 15.0 Å². The molecule has 3 unspecified atom stereocenters. The Balaban J connectivity index is 1.58. The van der Waals surface area contributed by atoms with E-state index < -0.39 is 11.7 Å². The molecule has 0 radical (unpaired) electrons. The first-order valence-corrected chi connectivity index (χ1v) is 11.1. The number of hydrogen-bond donors (Lipinski definition) is 1. The van der Waals surface area contributed by atoms with Gasteiger partial charge in [0.25, 0.3) is 0 Å². The molecule has 2 heterocycles. The Morgan fingerprint density at radius 1 is 1.31 bits per heavy atom. The fraction of sp³-hybridized carbons (Fsp3) is 0.381. The van der Waals surface area contributed by atoms with Crippen LogP contribution >= 0.6 is 34.2 Å². The van der Waals surface area contributed by atoms with Gasteiger partial charge in [0.2, 0.25) is 0 Å². The van der Waals surface area contributed by atoms with Crippen molar-refractivity contribution >= 4 is 51.3 Å². The van der Waals surface area contributed by atoms with Crippen LogP contribution in [0, 0.1) is 9.49 Å². The Kier molecular flexibility index (Phi) is 4.51. The third kappa shape index (κ3) is 3.01. The maximum absolute atomic E-state index is 11.8. The van der Waals surface area contributed by atoms with Crippen molar-refractivity contribution in [2.45, 2.75) is 43.2 Å². The van der Waals surface area contributed by atoms with Crippen molar-refractivity contribution in [2.75, 3.05) is 0 Å². The van der Waals surface area contributed by atoms with Gasteiger partial charge in [0, 0.05) is 22.1 Å². The predicted molar refractivity (Wildman–Crippen MR) is 119 cm³/mol. The molecular formula is C21H20ClIN4O2. The summed E-state index contributed by atoms with van der Waals surface area (Å²) in [6.45, 7) is 0. The standard InChI is InChI=1S/C21H20ClIN4O2/c22-17-16-15(23)10-27(18(16)26-12-25-17)20-6-7-21(11-20,29-19(24)28)14(9-20)8-13-4-2-1-3-5-13/h1-5,10,12,14H,6-9,11H2,(H2,24,28). The van der Waals surface area contributed by atoms with Gasteiger partial charge in [-0.25, -0.2) is 14.8 Å². The van der Waals surface area contributed by atoms with Crippen molar-refractivity contribution in [3.05, 3.63) is 57.1 Å². The highest BCUT2D eigenvalue weighted by Gasteiger charge is 2.63. The Bertz CT molecular complexity index is 1100. The Labute approximate surface area is 186 Å². The van der Waals surface area contributed by atoms with E-state index in [4.69, 9.17) is 22.1 Å². The minimum absolute atomic E-state index is 0.172. The SMILES string of the molecule is NC(=O)OC12CCC(n3cc(I)c4c(Cl)ncnc43)(CC1Cc1ccccc1)C2. The van der Waals surface area contributed by atoms with E-state index in [0.717, 1.165) is 46.7 Å². The van der Waals surface area contributed by atoms with E-state index in [9.17, 15) is 4.79 Å². The summed E-state index contributed by atoms with van der Waals surface area (Å²) in [7, 11) is 0. The predicted octanol–water partition coefficient (Wildman–Crippen LogP) is 4.67. The molecule has 8 heteroatoms. The van der Waals surface area contributed by atoms with Crippen LogP contribution in [0.5, 0.6) is 0 Å². The molecule has 5 rings (SSSR count).